The number of fused-ring (bicyclic) bond motifs is 1. The van der Waals surface area contributed by atoms with Crippen molar-refractivity contribution < 1.29 is 22.7 Å². The van der Waals surface area contributed by atoms with Crippen LogP contribution in [0.3, 0.4) is 0 Å². The summed E-state index contributed by atoms with van der Waals surface area (Å²) in [4.78, 5) is 20.0. The molecule has 3 aromatic carbocycles. The van der Waals surface area contributed by atoms with Crippen LogP contribution in [0, 0.1) is 13.8 Å². The molecule has 0 spiro atoms. The van der Waals surface area contributed by atoms with Gasteiger partial charge in [-0.05, 0) is 79.1 Å². The third-order valence-electron chi connectivity index (χ3n) is 5.34. The van der Waals surface area contributed by atoms with Crippen LogP contribution < -0.4 is 10.1 Å². The highest BCUT2D eigenvalue weighted by atomic mass is 19.4. The number of carbonyl (C=O) groups excluding carboxylic acids is 1. The Balaban J connectivity index is 1.33. The van der Waals surface area contributed by atoms with Crippen LogP contribution in [0.5, 0.6) is 5.75 Å². The Morgan fingerprint density at radius 1 is 1.03 bits per heavy atom. The topological polar surface area (TPSA) is 67.0 Å². The van der Waals surface area contributed by atoms with E-state index in [4.69, 9.17) is 4.74 Å². The Kier molecular flexibility index (Phi) is 6.09. The maximum Gasteiger partial charge on any atom is 0.416 e. The quantitative estimate of drug-likeness (QED) is 0.402. The van der Waals surface area contributed by atoms with Crippen molar-refractivity contribution in [3.8, 4) is 17.1 Å². The standard InChI is InChI=1S/C25H22F3N3O2/c1-15-10-21-22(11-16(15)2)31-24(30-21)18-6-8-20(9-7-18)33-14-23(32)29-13-17-4-3-5-19(12-17)25(26,27)28/h3-12H,13-14H2,1-2H3,(H,29,32)(H,30,31). The second-order valence-corrected chi connectivity index (χ2v) is 7.83. The summed E-state index contributed by atoms with van der Waals surface area (Å²) in [5, 5.41) is 2.56. The van der Waals surface area contributed by atoms with Crippen molar-refractivity contribution in [2.75, 3.05) is 6.61 Å². The molecular weight excluding hydrogens is 431 g/mol. The number of halogens is 3. The first kappa shape index (κ1) is 22.4. The molecule has 0 bridgehead atoms. The SMILES string of the molecule is Cc1cc2nc(-c3ccc(OCC(=O)NCc4cccc(C(F)(F)F)c4)cc3)[nH]c2cc1C. The van der Waals surface area contributed by atoms with Crippen molar-refractivity contribution in [1.82, 2.24) is 15.3 Å². The van der Waals surface area contributed by atoms with Gasteiger partial charge in [-0.3, -0.25) is 4.79 Å². The predicted molar refractivity (Wildman–Crippen MR) is 120 cm³/mol. The molecule has 1 heterocycles. The van der Waals surface area contributed by atoms with Gasteiger partial charge in [0, 0.05) is 12.1 Å². The fourth-order valence-electron chi connectivity index (χ4n) is 3.37. The van der Waals surface area contributed by atoms with E-state index in [-0.39, 0.29) is 13.2 Å². The van der Waals surface area contributed by atoms with Crippen molar-refractivity contribution in [2.45, 2.75) is 26.6 Å². The maximum atomic E-state index is 12.8. The molecule has 170 valence electrons. The van der Waals surface area contributed by atoms with Gasteiger partial charge in [-0.15, -0.1) is 0 Å². The second-order valence-electron chi connectivity index (χ2n) is 7.83. The second kappa shape index (κ2) is 8.97. The lowest BCUT2D eigenvalue weighted by molar-refractivity contribution is -0.137. The number of carbonyl (C=O) groups is 1. The summed E-state index contributed by atoms with van der Waals surface area (Å²) in [5.41, 5.74) is 4.71. The predicted octanol–water partition coefficient (Wildman–Crippen LogP) is 5.56. The van der Waals surface area contributed by atoms with Crippen LogP contribution in [0.1, 0.15) is 22.3 Å². The van der Waals surface area contributed by atoms with Gasteiger partial charge in [0.25, 0.3) is 5.91 Å². The first-order chi connectivity index (χ1) is 15.7. The molecule has 4 rings (SSSR count). The summed E-state index contributed by atoms with van der Waals surface area (Å²) in [7, 11) is 0. The number of ether oxygens (including phenoxy) is 1. The van der Waals surface area contributed by atoms with Gasteiger partial charge in [-0.2, -0.15) is 13.2 Å². The molecule has 1 amide bonds. The first-order valence-corrected chi connectivity index (χ1v) is 10.3. The smallest absolute Gasteiger partial charge is 0.416 e. The number of benzene rings is 3. The van der Waals surface area contributed by atoms with E-state index in [9.17, 15) is 18.0 Å². The van der Waals surface area contributed by atoms with E-state index < -0.39 is 17.6 Å². The van der Waals surface area contributed by atoms with Crippen molar-refractivity contribution in [3.05, 3.63) is 82.9 Å². The number of hydrogen-bond acceptors (Lipinski definition) is 3. The van der Waals surface area contributed by atoms with Crippen LogP contribution in [0.2, 0.25) is 0 Å². The van der Waals surface area contributed by atoms with Gasteiger partial charge < -0.3 is 15.0 Å². The summed E-state index contributed by atoms with van der Waals surface area (Å²) in [5.74, 6) is 0.802. The fourth-order valence-corrected chi connectivity index (χ4v) is 3.37. The molecule has 8 heteroatoms. The number of amides is 1. The van der Waals surface area contributed by atoms with Crippen molar-refractivity contribution in [3.63, 3.8) is 0 Å². The number of aryl methyl sites for hydroxylation is 2. The zero-order chi connectivity index (χ0) is 23.6. The maximum absolute atomic E-state index is 12.8. The van der Waals surface area contributed by atoms with Crippen molar-refractivity contribution >= 4 is 16.9 Å². The molecule has 0 aliphatic heterocycles. The number of imidazole rings is 1. The van der Waals surface area contributed by atoms with E-state index in [0.29, 0.717) is 11.3 Å². The lowest BCUT2D eigenvalue weighted by Crippen LogP contribution is -2.28. The molecule has 0 saturated heterocycles. The Morgan fingerprint density at radius 2 is 1.76 bits per heavy atom. The number of nitrogens with one attached hydrogen (secondary N) is 2. The molecule has 0 fully saturated rings. The molecule has 2 N–H and O–H groups in total. The van der Waals surface area contributed by atoms with Gasteiger partial charge >= 0.3 is 6.18 Å². The minimum absolute atomic E-state index is 0.0178. The Labute approximate surface area is 188 Å². The highest BCUT2D eigenvalue weighted by molar-refractivity contribution is 5.81. The van der Waals surface area contributed by atoms with E-state index in [0.717, 1.165) is 34.6 Å². The molecule has 33 heavy (non-hydrogen) atoms. The van der Waals surface area contributed by atoms with E-state index in [1.165, 1.54) is 23.3 Å². The highest BCUT2D eigenvalue weighted by Crippen LogP contribution is 2.29. The summed E-state index contributed by atoms with van der Waals surface area (Å²) < 4.78 is 43.8. The molecule has 0 aliphatic rings. The number of nitrogens with zero attached hydrogens (tertiary/aromatic N) is 1. The molecule has 5 nitrogen and oxygen atoms in total. The average Bonchev–Trinajstić information content (AvgIpc) is 3.19. The Hall–Kier alpha value is -3.81. The lowest BCUT2D eigenvalue weighted by atomic mass is 10.1. The van der Waals surface area contributed by atoms with Gasteiger partial charge in [-0.25, -0.2) is 4.98 Å². The van der Waals surface area contributed by atoms with Crippen LogP contribution in [0.4, 0.5) is 13.2 Å². The van der Waals surface area contributed by atoms with E-state index in [1.807, 2.05) is 25.1 Å². The van der Waals surface area contributed by atoms with Crippen LogP contribution in [0.15, 0.2) is 60.7 Å². The van der Waals surface area contributed by atoms with Gasteiger partial charge in [0.05, 0.1) is 16.6 Å². The molecule has 1 aromatic heterocycles. The molecule has 0 radical (unpaired) electrons. The number of alkyl halides is 3. The molecule has 0 unspecified atom stereocenters. The zero-order valence-corrected chi connectivity index (χ0v) is 18.1. The third kappa shape index (κ3) is 5.34. The largest absolute Gasteiger partial charge is 0.484 e. The number of aromatic amines is 1. The normalized spacial score (nSPS) is 11.5. The van der Waals surface area contributed by atoms with Gasteiger partial charge in [0.1, 0.15) is 11.6 Å². The van der Waals surface area contributed by atoms with Gasteiger partial charge in [0.2, 0.25) is 0 Å². The average molecular weight is 453 g/mol. The van der Waals surface area contributed by atoms with Crippen molar-refractivity contribution in [1.29, 1.82) is 0 Å². The van der Waals surface area contributed by atoms with Crippen LogP contribution >= 0.6 is 0 Å². The summed E-state index contributed by atoms with van der Waals surface area (Å²) in [6.07, 6.45) is -4.42. The first-order valence-electron chi connectivity index (χ1n) is 10.3. The molecular formula is C25H22F3N3O2. The van der Waals surface area contributed by atoms with Crippen LogP contribution in [-0.4, -0.2) is 22.5 Å². The van der Waals surface area contributed by atoms with E-state index >= 15 is 0 Å². The molecule has 0 aliphatic carbocycles. The Morgan fingerprint density at radius 3 is 2.48 bits per heavy atom. The minimum Gasteiger partial charge on any atom is -0.484 e. The zero-order valence-electron chi connectivity index (χ0n) is 18.1. The monoisotopic (exact) mass is 453 g/mol. The molecule has 0 atom stereocenters. The van der Waals surface area contributed by atoms with Crippen molar-refractivity contribution in [2.24, 2.45) is 0 Å². The fraction of sp³-hybridized carbons (Fsp3) is 0.200. The van der Waals surface area contributed by atoms with Crippen LogP contribution in [0.25, 0.3) is 22.4 Å². The van der Waals surface area contributed by atoms with Crippen LogP contribution in [-0.2, 0) is 17.5 Å². The molecule has 0 saturated carbocycles. The number of aromatic nitrogens is 2. The van der Waals surface area contributed by atoms with Gasteiger partial charge in [0.15, 0.2) is 6.61 Å². The summed E-state index contributed by atoms with van der Waals surface area (Å²) in [6.45, 7) is 3.83. The van der Waals surface area contributed by atoms with Gasteiger partial charge in [-0.1, -0.05) is 12.1 Å². The summed E-state index contributed by atoms with van der Waals surface area (Å²) in [6, 6.07) is 16.1. The highest BCUT2D eigenvalue weighted by Gasteiger charge is 2.30. The van der Waals surface area contributed by atoms with E-state index in [2.05, 4.69) is 28.3 Å². The number of H-pyrrole nitrogens is 1. The van der Waals surface area contributed by atoms with E-state index in [1.54, 1.807) is 12.1 Å². The lowest BCUT2D eigenvalue weighted by Gasteiger charge is -2.10. The molecule has 4 aromatic rings. The summed E-state index contributed by atoms with van der Waals surface area (Å²) >= 11 is 0. The third-order valence-corrected chi connectivity index (χ3v) is 5.34. The number of rotatable bonds is 6. The Bertz CT molecular complexity index is 1260. The minimum atomic E-state index is -4.42. The number of hydrogen-bond donors (Lipinski definition) is 2.